The van der Waals surface area contributed by atoms with Crippen LogP contribution in [0.3, 0.4) is 0 Å². The molecule has 8 nitrogen and oxygen atoms in total. The normalized spacial score (nSPS) is 19.0. The molecule has 0 N–H and O–H groups in total. The molecule has 10 heteroatoms. The first kappa shape index (κ1) is 22.8. The number of nitrogens with zero attached hydrogens (tertiary/aromatic N) is 5. The molecule has 0 unspecified atom stereocenters. The number of allylic oxidation sites excluding steroid dienone is 1. The van der Waals surface area contributed by atoms with Gasteiger partial charge in [0, 0.05) is 29.6 Å². The van der Waals surface area contributed by atoms with Crippen LogP contribution in [-0.4, -0.2) is 26.5 Å². The van der Waals surface area contributed by atoms with E-state index in [1.807, 2.05) is 59.6 Å². The number of carbonyl (C=O) groups excluding carboxylic acids is 1. The van der Waals surface area contributed by atoms with Gasteiger partial charge in [-0.3, -0.25) is 14.9 Å². The van der Waals surface area contributed by atoms with Crippen LogP contribution in [0.5, 0.6) is 0 Å². The lowest BCUT2D eigenvalue weighted by Crippen LogP contribution is -2.53. The fourth-order valence-corrected chi connectivity index (χ4v) is 5.04. The molecule has 5 rings (SSSR count). The van der Waals surface area contributed by atoms with E-state index in [0.29, 0.717) is 21.5 Å². The SMILES string of the molecule is CC(=O)C1=NN(c2ccc([N+](=O)[O-])cc2)[C@]2(C=CC(c3ccc(Cl)cc3)=NN2c2ccccc2)S1. The summed E-state index contributed by atoms with van der Waals surface area (Å²) < 4.78 is 0. The zero-order valence-corrected chi connectivity index (χ0v) is 20.0. The van der Waals surface area contributed by atoms with Gasteiger partial charge in [0.2, 0.25) is 4.99 Å². The number of nitro benzene ring substituents is 1. The fraction of sp³-hybridized carbons (Fsp3) is 0.0800. The zero-order chi connectivity index (χ0) is 24.6. The molecular weight excluding hydrogens is 486 g/mol. The maximum Gasteiger partial charge on any atom is 0.269 e. The summed E-state index contributed by atoms with van der Waals surface area (Å²) in [5, 5.41) is 25.2. The molecule has 0 amide bonds. The zero-order valence-electron chi connectivity index (χ0n) is 18.4. The second kappa shape index (κ2) is 9.01. The topological polar surface area (TPSA) is 91.4 Å². The molecule has 0 saturated carbocycles. The number of halogens is 1. The van der Waals surface area contributed by atoms with Crippen molar-refractivity contribution in [2.75, 3.05) is 10.0 Å². The van der Waals surface area contributed by atoms with Crippen LogP contribution in [0.4, 0.5) is 17.1 Å². The summed E-state index contributed by atoms with van der Waals surface area (Å²) in [6.45, 7) is 1.46. The van der Waals surface area contributed by atoms with Gasteiger partial charge in [-0.05, 0) is 60.3 Å². The Morgan fingerprint density at radius 1 is 0.943 bits per heavy atom. The Morgan fingerprint density at radius 2 is 1.57 bits per heavy atom. The molecule has 2 heterocycles. The summed E-state index contributed by atoms with van der Waals surface area (Å²) in [7, 11) is 0. The van der Waals surface area contributed by atoms with E-state index < -0.39 is 9.92 Å². The first-order valence-corrected chi connectivity index (χ1v) is 11.8. The smallest absolute Gasteiger partial charge is 0.269 e. The summed E-state index contributed by atoms with van der Waals surface area (Å²) in [6.07, 6.45) is 3.81. The molecule has 2 aliphatic rings. The average molecular weight is 504 g/mol. The van der Waals surface area contributed by atoms with E-state index >= 15 is 0 Å². The number of non-ortho nitro benzene ring substituents is 1. The van der Waals surface area contributed by atoms with E-state index in [1.165, 1.54) is 30.8 Å². The highest BCUT2D eigenvalue weighted by atomic mass is 35.5. The Hall–Kier alpha value is -3.95. The molecule has 35 heavy (non-hydrogen) atoms. The highest BCUT2D eigenvalue weighted by Gasteiger charge is 2.51. The quantitative estimate of drug-likeness (QED) is 0.321. The number of ketones is 1. The number of hydrogen-bond acceptors (Lipinski definition) is 8. The summed E-state index contributed by atoms with van der Waals surface area (Å²) in [5.41, 5.74) is 2.90. The van der Waals surface area contributed by atoms with E-state index in [-0.39, 0.29) is 11.5 Å². The number of benzene rings is 3. The number of carbonyl (C=O) groups is 1. The maximum atomic E-state index is 12.4. The van der Waals surface area contributed by atoms with Crippen molar-refractivity contribution in [3.8, 4) is 0 Å². The van der Waals surface area contributed by atoms with Gasteiger partial charge in [-0.25, -0.2) is 10.0 Å². The molecule has 0 fully saturated rings. The van der Waals surface area contributed by atoms with Gasteiger partial charge in [-0.1, -0.05) is 41.9 Å². The third kappa shape index (κ3) is 4.20. The van der Waals surface area contributed by atoms with Crippen LogP contribution in [0.2, 0.25) is 5.02 Å². The van der Waals surface area contributed by atoms with Crippen LogP contribution in [0.25, 0.3) is 0 Å². The van der Waals surface area contributed by atoms with Gasteiger partial charge < -0.3 is 0 Å². The summed E-state index contributed by atoms with van der Waals surface area (Å²) >= 11 is 7.33. The van der Waals surface area contributed by atoms with Crippen molar-refractivity contribution < 1.29 is 9.72 Å². The molecule has 0 radical (unpaired) electrons. The van der Waals surface area contributed by atoms with Crippen LogP contribution in [0, 0.1) is 10.1 Å². The van der Waals surface area contributed by atoms with Crippen molar-refractivity contribution in [1.29, 1.82) is 0 Å². The maximum absolute atomic E-state index is 12.4. The molecule has 0 saturated heterocycles. The Labute approximate surface area is 210 Å². The molecule has 0 aromatic heterocycles. The number of para-hydroxylation sites is 1. The Balaban J connectivity index is 1.65. The summed E-state index contributed by atoms with van der Waals surface area (Å²) in [6, 6.07) is 23.0. The van der Waals surface area contributed by atoms with E-state index in [4.69, 9.17) is 16.7 Å². The molecule has 1 atom stereocenters. The molecule has 174 valence electrons. The molecule has 1 spiro atoms. The first-order valence-electron chi connectivity index (χ1n) is 10.6. The number of hydrogen-bond donors (Lipinski definition) is 0. The van der Waals surface area contributed by atoms with Crippen LogP contribution in [0.15, 0.2) is 101 Å². The summed E-state index contributed by atoms with van der Waals surface area (Å²) in [5.74, 6) is -0.187. The largest absolute Gasteiger partial charge is 0.292 e. The number of anilines is 2. The molecular formula is C25H18ClN5O3S. The van der Waals surface area contributed by atoms with Gasteiger partial charge in [-0.2, -0.15) is 10.2 Å². The molecule has 2 aliphatic heterocycles. The second-order valence-corrected chi connectivity index (χ2v) is 9.41. The van der Waals surface area contributed by atoms with E-state index in [9.17, 15) is 14.9 Å². The molecule has 3 aromatic rings. The van der Waals surface area contributed by atoms with Crippen LogP contribution >= 0.6 is 23.4 Å². The fourth-order valence-electron chi connectivity index (χ4n) is 3.76. The Morgan fingerprint density at radius 3 is 2.20 bits per heavy atom. The minimum absolute atomic E-state index is 0.0347. The van der Waals surface area contributed by atoms with E-state index in [2.05, 4.69) is 5.10 Å². The van der Waals surface area contributed by atoms with Gasteiger partial charge in [0.15, 0.2) is 10.8 Å². The number of nitro groups is 1. The minimum Gasteiger partial charge on any atom is -0.292 e. The predicted octanol–water partition coefficient (Wildman–Crippen LogP) is 5.84. The van der Waals surface area contributed by atoms with Crippen molar-refractivity contribution in [1.82, 2.24) is 0 Å². The number of Topliss-reactive ketones (excluding diaryl/α,β-unsaturated/α-hetero) is 1. The number of hydrazone groups is 2. The monoisotopic (exact) mass is 503 g/mol. The third-order valence-electron chi connectivity index (χ3n) is 5.46. The highest BCUT2D eigenvalue weighted by molar-refractivity contribution is 8.17. The predicted molar refractivity (Wildman–Crippen MR) is 140 cm³/mol. The van der Waals surface area contributed by atoms with E-state index in [1.54, 1.807) is 29.3 Å². The van der Waals surface area contributed by atoms with Gasteiger partial charge >= 0.3 is 0 Å². The van der Waals surface area contributed by atoms with Gasteiger partial charge in [0.05, 0.1) is 22.0 Å². The Kier molecular flexibility index (Phi) is 5.88. The average Bonchev–Trinajstić information content (AvgIpc) is 3.25. The number of rotatable bonds is 5. The van der Waals surface area contributed by atoms with E-state index in [0.717, 1.165) is 11.3 Å². The first-order chi connectivity index (χ1) is 16.9. The van der Waals surface area contributed by atoms with Crippen molar-refractivity contribution in [2.45, 2.75) is 11.9 Å². The number of thioether (sulfide) groups is 1. The lowest BCUT2D eigenvalue weighted by molar-refractivity contribution is -0.384. The van der Waals surface area contributed by atoms with Gasteiger partial charge in [0.1, 0.15) is 0 Å². The molecule has 3 aromatic carbocycles. The second-order valence-electron chi connectivity index (χ2n) is 7.78. The highest BCUT2D eigenvalue weighted by Crippen LogP contribution is 2.48. The standard InChI is InChI=1S/C25H18ClN5O3S/c1-17(32)24-28-30(21-11-13-22(14-12-21)31(33)34)25(35-24)16-15-23(18-7-9-19(26)10-8-18)27-29(25)20-5-3-2-4-6-20/h2-16H,1H3/t25-/m1/s1. The van der Waals surface area contributed by atoms with Crippen molar-refractivity contribution in [3.63, 3.8) is 0 Å². The molecule has 0 aliphatic carbocycles. The van der Waals surface area contributed by atoms with Crippen molar-refractivity contribution in [2.24, 2.45) is 10.2 Å². The third-order valence-corrected chi connectivity index (χ3v) is 7.05. The van der Waals surface area contributed by atoms with Gasteiger partial charge in [-0.15, -0.1) is 0 Å². The lowest BCUT2D eigenvalue weighted by atomic mass is 10.1. The van der Waals surface area contributed by atoms with Crippen molar-refractivity contribution >= 4 is 57.0 Å². The lowest BCUT2D eigenvalue weighted by Gasteiger charge is -2.43. The van der Waals surface area contributed by atoms with Crippen LogP contribution in [0.1, 0.15) is 12.5 Å². The molecule has 0 bridgehead atoms. The van der Waals surface area contributed by atoms with Gasteiger partial charge in [0.25, 0.3) is 5.69 Å². The van der Waals surface area contributed by atoms with Crippen LogP contribution < -0.4 is 10.0 Å². The van der Waals surface area contributed by atoms with Crippen molar-refractivity contribution in [3.05, 3.63) is 112 Å². The minimum atomic E-state index is -1.05. The van der Waals surface area contributed by atoms with Crippen LogP contribution in [-0.2, 0) is 4.79 Å². The summed E-state index contributed by atoms with van der Waals surface area (Å²) in [4.78, 5) is 22.1. The Bertz CT molecular complexity index is 1390.